The summed E-state index contributed by atoms with van der Waals surface area (Å²) < 4.78 is 30.1. The van der Waals surface area contributed by atoms with Gasteiger partial charge >= 0.3 is 0 Å². The molecular weight excluding hydrogens is 322 g/mol. The molecule has 24 heavy (non-hydrogen) atoms. The van der Waals surface area contributed by atoms with E-state index in [1.165, 1.54) is 0 Å². The van der Waals surface area contributed by atoms with Crippen molar-refractivity contribution in [1.82, 2.24) is 14.1 Å². The number of nitrogens with zero attached hydrogens (tertiary/aromatic N) is 3. The van der Waals surface area contributed by atoms with E-state index in [9.17, 15) is 8.42 Å². The number of para-hydroxylation sites is 1. The predicted molar refractivity (Wildman–Crippen MR) is 94.8 cm³/mol. The summed E-state index contributed by atoms with van der Waals surface area (Å²) in [5, 5.41) is 4.50. The average molecular weight is 347 g/mol. The minimum absolute atomic E-state index is 0.0256. The molecule has 1 aliphatic rings. The molecule has 0 N–H and O–H groups in total. The summed E-state index contributed by atoms with van der Waals surface area (Å²) in [7, 11) is -3.56. The van der Waals surface area contributed by atoms with Crippen molar-refractivity contribution in [2.75, 3.05) is 0 Å². The van der Waals surface area contributed by atoms with Crippen LogP contribution in [-0.4, -0.2) is 34.6 Å². The van der Waals surface area contributed by atoms with Crippen LogP contribution >= 0.6 is 0 Å². The number of aryl methyl sites for hydroxylation is 1. The van der Waals surface area contributed by atoms with Crippen molar-refractivity contribution in [3.05, 3.63) is 41.7 Å². The van der Waals surface area contributed by atoms with Crippen LogP contribution in [0.3, 0.4) is 0 Å². The van der Waals surface area contributed by atoms with E-state index >= 15 is 0 Å². The van der Waals surface area contributed by atoms with Gasteiger partial charge < -0.3 is 0 Å². The van der Waals surface area contributed by atoms with Gasteiger partial charge in [-0.05, 0) is 52.7 Å². The molecule has 2 unspecified atom stereocenters. The van der Waals surface area contributed by atoms with E-state index < -0.39 is 10.0 Å². The lowest BCUT2D eigenvalue weighted by Gasteiger charge is -2.37. The molecule has 2 atom stereocenters. The lowest BCUT2D eigenvalue weighted by molar-refractivity contribution is 0.204. The van der Waals surface area contributed by atoms with E-state index in [-0.39, 0.29) is 12.1 Å². The molecule has 0 amide bonds. The molecule has 5 nitrogen and oxygen atoms in total. The van der Waals surface area contributed by atoms with Crippen molar-refractivity contribution in [1.29, 1.82) is 0 Å². The highest BCUT2D eigenvalue weighted by Crippen LogP contribution is 2.32. The summed E-state index contributed by atoms with van der Waals surface area (Å²) in [6.45, 7) is 7.61. The molecular formula is C18H25N3O2S. The van der Waals surface area contributed by atoms with E-state index in [0.29, 0.717) is 16.3 Å². The van der Waals surface area contributed by atoms with Crippen LogP contribution in [0.25, 0.3) is 5.69 Å². The predicted octanol–water partition coefficient (Wildman–Crippen LogP) is 3.44. The standard InChI is InChI=1S/C18H25N3O2S/c1-13-9-8-10-14(2)21(13)24(22,23)18-15(3)19-20(16(18)4)17-11-6-5-7-12-17/h5-7,11-14H,8-10H2,1-4H3. The summed E-state index contributed by atoms with van der Waals surface area (Å²) in [4.78, 5) is 0.354. The SMILES string of the molecule is Cc1nn(-c2ccccc2)c(C)c1S(=O)(=O)N1C(C)CCCC1C. The quantitative estimate of drug-likeness (QED) is 0.854. The molecule has 2 heterocycles. The van der Waals surface area contributed by atoms with Gasteiger partial charge in [-0.2, -0.15) is 9.40 Å². The number of aromatic nitrogens is 2. The number of piperidine rings is 1. The Balaban J connectivity index is 2.11. The molecule has 0 spiro atoms. The van der Waals surface area contributed by atoms with Gasteiger partial charge in [0, 0.05) is 12.1 Å². The Morgan fingerprint density at radius 2 is 1.62 bits per heavy atom. The maximum Gasteiger partial charge on any atom is 0.247 e. The smallest absolute Gasteiger partial charge is 0.236 e. The number of sulfonamides is 1. The zero-order chi connectivity index (χ0) is 17.5. The zero-order valence-electron chi connectivity index (χ0n) is 14.7. The van der Waals surface area contributed by atoms with E-state index in [1.807, 2.05) is 51.1 Å². The second kappa shape index (κ2) is 6.33. The van der Waals surface area contributed by atoms with Gasteiger partial charge in [0.1, 0.15) is 4.90 Å². The third-order valence-corrected chi connectivity index (χ3v) is 7.26. The van der Waals surface area contributed by atoms with E-state index in [4.69, 9.17) is 0 Å². The lowest BCUT2D eigenvalue weighted by Crippen LogP contribution is -2.47. The van der Waals surface area contributed by atoms with Gasteiger partial charge in [-0.3, -0.25) is 0 Å². The highest BCUT2D eigenvalue weighted by Gasteiger charge is 2.38. The topological polar surface area (TPSA) is 55.2 Å². The van der Waals surface area contributed by atoms with Gasteiger partial charge in [-0.25, -0.2) is 13.1 Å². The van der Waals surface area contributed by atoms with Crippen LogP contribution in [-0.2, 0) is 10.0 Å². The molecule has 1 fully saturated rings. The van der Waals surface area contributed by atoms with Crippen molar-refractivity contribution < 1.29 is 8.42 Å². The van der Waals surface area contributed by atoms with Gasteiger partial charge in [0.15, 0.2) is 0 Å². The Bertz CT molecular complexity index is 817. The normalized spacial score (nSPS) is 22.7. The van der Waals surface area contributed by atoms with Crippen LogP contribution in [0.4, 0.5) is 0 Å². The van der Waals surface area contributed by atoms with Crippen molar-refractivity contribution in [3.63, 3.8) is 0 Å². The molecule has 0 aliphatic carbocycles. The van der Waals surface area contributed by atoms with Gasteiger partial charge in [0.25, 0.3) is 0 Å². The van der Waals surface area contributed by atoms with Crippen molar-refractivity contribution >= 4 is 10.0 Å². The maximum atomic E-state index is 13.4. The molecule has 1 saturated heterocycles. The molecule has 1 aromatic carbocycles. The highest BCUT2D eigenvalue weighted by molar-refractivity contribution is 7.89. The Hall–Kier alpha value is -1.66. The van der Waals surface area contributed by atoms with Gasteiger partial charge in [0.2, 0.25) is 10.0 Å². The van der Waals surface area contributed by atoms with Crippen molar-refractivity contribution in [2.24, 2.45) is 0 Å². The summed E-state index contributed by atoms with van der Waals surface area (Å²) in [6, 6.07) is 9.70. The Morgan fingerprint density at radius 3 is 2.21 bits per heavy atom. The molecule has 0 saturated carbocycles. The first-order valence-corrected chi connectivity index (χ1v) is 9.93. The first-order valence-electron chi connectivity index (χ1n) is 8.49. The highest BCUT2D eigenvalue weighted by atomic mass is 32.2. The van der Waals surface area contributed by atoms with E-state index in [2.05, 4.69) is 5.10 Å². The molecule has 2 aromatic rings. The molecule has 3 rings (SSSR count). The lowest BCUT2D eigenvalue weighted by atomic mass is 10.0. The average Bonchev–Trinajstić information content (AvgIpc) is 2.83. The van der Waals surface area contributed by atoms with Crippen LogP contribution in [0.2, 0.25) is 0 Å². The second-order valence-corrected chi connectivity index (χ2v) is 8.49. The Morgan fingerprint density at radius 1 is 1.04 bits per heavy atom. The fourth-order valence-electron chi connectivity index (χ4n) is 3.80. The fourth-order valence-corrected chi connectivity index (χ4v) is 6.04. The van der Waals surface area contributed by atoms with Gasteiger partial charge in [0.05, 0.1) is 17.1 Å². The van der Waals surface area contributed by atoms with Crippen LogP contribution < -0.4 is 0 Å². The largest absolute Gasteiger partial charge is 0.247 e. The van der Waals surface area contributed by atoms with Crippen LogP contribution in [0, 0.1) is 13.8 Å². The molecule has 1 aliphatic heterocycles. The van der Waals surface area contributed by atoms with Crippen LogP contribution in [0.1, 0.15) is 44.5 Å². The van der Waals surface area contributed by atoms with Gasteiger partial charge in [-0.1, -0.05) is 24.6 Å². The molecule has 0 bridgehead atoms. The molecule has 6 heteroatoms. The van der Waals surface area contributed by atoms with Gasteiger partial charge in [-0.15, -0.1) is 0 Å². The third kappa shape index (κ3) is 2.78. The summed E-state index contributed by atoms with van der Waals surface area (Å²) in [5.41, 5.74) is 2.10. The van der Waals surface area contributed by atoms with Crippen molar-refractivity contribution in [2.45, 2.75) is 63.9 Å². The van der Waals surface area contributed by atoms with Crippen LogP contribution in [0.5, 0.6) is 0 Å². The third-order valence-electron chi connectivity index (χ3n) is 4.87. The number of benzene rings is 1. The maximum absolute atomic E-state index is 13.4. The molecule has 130 valence electrons. The monoisotopic (exact) mass is 347 g/mol. The Kier molecular flexibility index (Phi) is 4.53. The van der Waals surface area contributed by atoms with Crippen molar-refractivity contribution in [3.8, 4) is 5.69 Å². The number of hydrogen-bond acceptors (Lipinski definition) is 3. The summed E-state index contributed by atoms with van der Waals surface area (Å²) in [5.74, 6) is 0. The Labute approximate surface area is 144 Å². The van der Waals surface area contributed by atoms with Crippen LogP contribution in [0.15, 0.2) is 35.2 Å². The number of rotatable bonds is 3. The summed E-state index contributed by atoms with van der Waals surface area (Å²) >= 11 is 0. The fraction of sp³-hybridized carbons (Fsp3) is 0.500. The van der Waals surface area contributed by atoms with E-state index in [1.54, 1.807) is 15.9 Å². The number of hydrogen-bond donors (Lipinski definition) is 0. The first-order chi connectivity index (χ1) is 11.3. The molecule has 1 aromatic heterocycles. The minimum Gasteiger partial charge on any atom is -0.236 e. The summed E-state index contributed by atoms with van der Waals surface area (Å²) in [6.07, 6.45) is 2.90. The second-order valence-electron chi connectivity index (χ2n) is 6.71. The van der Waals surface area contributed by atoms with E-state index in [0.717, 1.165) is 24.9 Å². The minimum atomic E-state index is -3.56. The molecule has 0 radical (unpaired) electrons. The first kappa shape index (κ1) is 17.2. The zero-order valence-corrected chi connectivity index (χ0v) is 15.5.